The summed E-state index contributed by atoms with van der Waals surface area (Å²) in [5.41, 5.74) is -0.291. The summed E-state index contributed by atoms with van der Waals surface area (Å²) in [6.07, 6.45) is 1.42. The van der Waals surface area contributed by atoms with E-state index in [9.17, 15) is 19.7 Å². The molecular weight excluding hydrogens is 268 g/mol. The van der Waals surface area contributed by atoms with Gasteiger partial charge in [-0.3, -0.25) is 24.6 Å². The van der Waals surface area contributed by atoms with E-state index in [1.54, 1.807) is 0 Å². The zero-order valence-electron chi connectivity index (χ0n) is 10.0. The number of rotatable bonds is 5. The van der Waals surface area contributed by atoms with Crippen molar-refractivity contribution in [3.63, 3.8) is 0 Å². The van der Waals surface area contributed by atoms with E-state index in [4.69, 9.17) is 0 Å². The van der Waals surface area contributed by atoms with E-state index in [-0.39, 0.29) is 23.4 Å². The molecule has 6 nitrogen and oxygen atoms in total. The molecule has 0 N–H and O–H groups in total. The highest BCUT2D eigenvalue weighted by molar-refractivity contribution is 7.80. The molecule has 1 heterocycles. The lowest BCUT2D eigenvalue weighted by Gasteiger charge is -2.12. The molecule has 1 aromatic rings. The fourth-order valence-corrected chi connectivity index (χ4v) is 2.28. The third kappa shape index (κ3) is 2.33. The second-order valence-electron chi connectivity index (χ2n) is 4.15. The minimum Gasteiger partial charge on any atom is -0.274 e. The van der Waals surface area contributed by atoms with E-state index in [1.807, 2.05) is 0 Å². The number of nitro benzene ring substituents is 1. The van der Waals surface area contributed by atoms with Crippen molar-refractivity contribution in [2.75, 3.05) is 12.3 Å². The van der Waals surface area contributed by atoms with Gasteiger partial charge in [-0.1, -0.05) is 6.07 Å². The first-order valence-electron chi connectivity index (χ1n) is 5.82. The molecular formula is C12H12N2O4S. The standard InChI is InChI=1S/C12H12N2O4S/c15-11-8-4-3-5-9(14(17)18)10(8)12(16)13(11)6-1-2-7-19/h3-5,19H,1-2,6-7H2. The zero-order chi connectivity index (χ0) is 14.0. The molecule has 2 rings (SSSR count). The Morgan fingerprint density at radius 1 is 1.21 bits per heavy atom. The van der Waals surface area contributed by atoms with Crippen molar-refractivity contribution in [3.8, 4) is 0 Å². The summed E-state index contributed by atoms with van der Waals surface area (Å²) in [5, 5.41) is 10.9. The van der Waals surface area contributed by atoms with Gasteiger partial charge in [0.05, 0.1) is 10.5 Å². The predicted molar refractivity (Wildman–Crippen MR) is 71.6 cm³/mol. The first-order valence-corrected chi connectivity index (χ1v) is 6.45. The molecule has 0 spiro atoms. The zero-order valence-corrected chi connectivity index (χ0v) is 10.9. The molecule has 1 aliphatic rings. The van der Waals surface area contributed by atoms with Crippen LogP contribution in [0.3, 0.4) is 0 Å². The highest BCUT2D eigenvalue weighted by atomic mass is 32.1. The van der Waals surface area contributed by atoms with Crippen molar-refractivity contribution in [2.45, 2.75) is 12.8 Å². The van der Waals surface area contributed by atoms with Gasteiger partial charge in [-0.25, -0.2) is 0 Å². The van der Waals surface area contributed by atoms with Crippen molar-refractivity contribution < 1.29 is 14.5 Å². The van der Waals surface area contributed by atoms with Gasteiger partial charge in [-0.05, 0) is 24.7 Å². The van der Waals surface area contributed by atoms with Crippen LogP contribution in [0.1, 0.15) is 33.6 Å². The summed E-state index contributed by atoms with van der Waals surface area (Å²) in [7, 11) is 0. The molecule has 0 aromatic heterocycles. The lowest BCUT2D eigenvalue weighted by molar-refractivity contribution is -0.385. The van der Waals surface area contributed by atoms with Crippen LogP contribution in [0.15, 0.2) is 18.2 Å². The molecule has 7 heteroatoms. The van der Waals surface area contributed by atoms with Crippen molar-refractivity contribution in [3.05, 3.63) is 39.4 Å². The summed E-state index contributed by atoms with van der Waals surface area (Å²) >= 11 is 4.06. The average molecular weight is 280 g/mol. The second-order valence-corrected chi connectivity index (χ2v) is 4.60. The number of amides is 2. The number of benzene rings is 1. The van der Waals surface area contributed by atoms with Crippen molar-refractivity contribution >= 4 is 30.1 Å². The maximum absolute atomic E-state index is 12.1. The highest BCUT2D eigenvalue weighted by Gasteiger charge is 2.40. The molecule has 0 atom stereocenters. The van der Waals surface area contributed by atoms with E-state index in [1.165, 1.54) is 18.2 Å². The molecule has 0 fully saturated rings. The Morgan fingerprint density at radius 2 is 1.95 bits per heavy atom. The quantitative estimate of drug-likeness (QED) is 0.294. The molecule has 1 aromatic carbocycles. The Balaban J connectivity index is 2.33. The van der Waals surface area contributed by atoms with Gasteiger partial charge in [-0.15, -0.1) is 0 Å². The monoisotopic (exact) mass is 280 g/mol. The van der Waals surface area contributed by atoms with E-state index < -0.39 is 16.7 Å². The largest absolute Gasteiger partial charge is 0.282 e. The van der Waals surface area contributed by atoms with Gasteiger partial charge in [0, 0.05) is 12.6 Å². The van der Waals surface area contributed by atoms with E-state index >= 15 is 0 Å². The van der Waals surface area contributed by atoms with Crippen LogP contribution in [-0.2, 0) is 0 Å². The minimum absolute atomic E-state index is 0.0941. The van der Waals surface area contributed by atoms with E-state index in [2.05, 4.69) is 12.6 Å². The second kappa shape index (κ2) is 5.40. The van der Waals surface area contributed by atoms with Gasteiger partial charge in [-0.2, -0.15) is 12.6 Å². The van der Waals surface area contributed by atoms with Gasteiger partial charge in [0.2, 0.25) is 0 Å². The van der Waals surface area contributed by atoms with Crippen LogP contribution in [0.2, 0.25) is 0 Å². The van der Waals surface area contributed by atoms with Crippen LogP contribution in [0.25, 0.3) is 0 Å². The van der Waals surface area contributed by atoms with Gasteiger partial charge in [0.15, 0.2) is 0 Å². The van der Waals surface area contributed by atoms with Crippen molar-refractivity contribution in [2.24, 2.45) is 0 Å². The minimum atomic E-state index is -0.638. The molecule has 0 saturated carbocycles. The number of unbranched alkanes of at least 4 members (excludes halogenated alkanes) is 1. The average Bonchev–Trinajstić information content (AvgIpc) is 2.64. The first-order chi connectivity index (χ1) is 9.07. The normalized spacial score (nSPS) is 13.8. The van der Waals surface area contributed by atoms with Crippen molar-refractivity contribution in [1.29, 1.82) is 0 Å². The summed E-state index contributed by atoms with van der Waals surface area (Å²) in [6.45, 7) is 0.268. The number of fused-ring (bicyclic) bond motifs is 1. The lowest BCUT2D eigenvalue weighted by Crippen LogP contribution is -2.30. The predicted octanol–water partition coefficient (Wildman–Crippen LogP) is 1.90. The van der Waals surface area contributed by atoms with Gasteiger partial charge < -0.3 is 0 Å². The first kappa shape index (κ1) is 13.5. The van der Waals surface area contributed by atoms with Gasteiger partial charge in [0.25, 0.3) is 17.5 Å². The van der Waals surface area contributed by atoms with Crippen molar-refractivity contribution in [1.82, 2.24) is 4.90 Å². The van der Waals surface area contributed by atoms with Crippen LogP contribution in [0, 0.1) is 10.1 Å². The summed E-state index contributed by atoms with van der Waals surface area (Å²) in [4.78, 5) is 35.5. The smallest absolute Gasteiger partial charge is 0.274 e. The molecule has 0 radical (unpaired) electrons. The summed E-state index contributed by atoms with van der Waals surface area (Å²) in [6, 6.07) is 4.10. The molecule has 19 heavy (non-hydrogen) atoms. The number of carbonyl (C=O) groups excluding carboxylic acids is 2. The van der Waals surface area contributed by atoms with E-state index in [0.29, 0.717) is 12.2 Å². The molecule has 0 saturated heterocycles. The van der Waals surface area contributed by atoms with Crippen LogP contribution >= 0.6 is 12.6 Å². The number of hydrogen-bond donors (Lipinski definition) is 1. The van der Waals surface area contributed by atoms with Crippen LogP contribution < -0.4 is 0 Å². The van der Waals surface area contributed by atoms with Gasteiger partial charge in [0.1, 0.15) is 5.56 Å². The Bertz CT molecular complexity index is 559. The fraction of sp³-hybridized carbons (Fsp3) is 0.333. The maximum Gasteiger partial charge on any atom is 0.282 e. The summed E-state index contributed by atoms with van der Waals surface area (Å²) in [5.74, 6) is -0.363. The number of hydrogen-bond acceptors (Lipinski definition) is 5. The van der Waals surface area contributed by atoms with Crippen LogP contribution in [0.4, 0.5) is 5.69 Å². The fourth-order valence-electron chi connectivity index (χ4n) is 2.05. The highest BCUT2D eigenvalue weighted by Crippen LogP contribution is 2.30. The lowest BCUT2D eigenvalue weighted by atomic mass is 10.1. The van der Waals surface area contributed by atoms with Crippen LogP contribution in [-0.4, -0.2) is 33.9 Å². The summed E-state index contributed by atoms with van der Waals surface area (Å²) < 4.78 is 0. The van der Waals surface area contributed by atoms with Gasteiger partial charge >= 0.3 is 0 Å². The third-order valence-electron chi connectivity index (χ3n) is 2.96. The SMILES string of the molecule is O=C1c2cccc([N+](=O)[O-])c2C(=O)N1CCCCS. The number of nitrogens with zero attached hydrogens (tertiary/aromatic N) is 2. The Kier molecular flexibility index (Phi) is 3.84. The molecule has 0 aliphatic carbocycles. The number of nitro groups is 1. The molecule has 1 aliphatic heterocycles. The van der Waals surface area contributed by atoms with Crippen LogP contribution in [0.5, 0.6) is 0 Å². The van der Waals surface area contributed by atoms with E-state index in [0.717, 1.165) is 11.3 Å². The topological polar surface area (TPSA) is 80.5 Å². The Morgan fingerprint density at radius 3 is 2.58 bits per heavy atom. The number of imide groups is 1. The molecule has 100 valence electrons. The Hall–Kier alpha value is -1.89. The molecule has 2 amide bonds. The maximum atomic E-state index is 12.1. The third-order valence-corrected chi connectivity index (χ3v) is 3.28. The number of carbonyl (C=O) groups is 2. The Labute approximate surface area is 115 Å². The molecule has 0 unspecified atom stereocenters. The number of thiol groups is 1. The molecule has 0 bridgehead atoms.